The van der Waals surface area contributed by atoms with Crippen LogP contribution >= 0.6 is 0 Å². The number of nitrogens with zero attached hydrogens (tertiary/aromatic N) is 1. The van der Waals surface area contributed by atoms with Crippen molar-refractivity contribution in [3.63, 3.8) is 0 Å². The second-order valence-corrected chi connectivity index (χ2v) is 8.06. The summed E-state index contributed by atoms with van der Waals surface area (Å²) in [5.74, 6) is -0.0467. The molecule has 170 valence electrons. The molecule has 32 heavy (non-hydrogen) atoms. The monoisotopic (exact) mass is 436 g/mol. The van der Waals surface area contributed by atoms with Crippen LogP contribution in [-0.4, -0.2) is 52.1 Å². The van der Waals surface area contributed by atoms with Gasteiger partial charge in [0.2, 0.25) is 5.91 Å². The molecular weight excluding hydrogens is 404 g/mol. The number of nitrogens with one attached hydrogen (secondary N) is 1. The van der Waals surface area contributed by atoms with Gasteiger partial charge in [0.1, 0.15) is 0 Å². The molecule has 0 spiro atoms. The predicted molar refractivity (Wildman–Crippen MR) is 126 cm³/mol. The number of aliphatic hydroxyl groups is 3. The van der Waals surface area contributed by atoms with E-state index in [1.807, 2.05) is 42.5 Å². The number of aliphatic hydroxyl groups excluding tert-OH is 3. The fourth-order valence-corrected chi connectivity index (χ4v) is 3.84. The Hall–Kier alpha value is -2.80. The number of rotatable bonds is 12. The zero-order valence-electron chi connectivity index (χ0n) is 18.3. The van der Waals surface area contributed by atoms with Crippen LogP contribution in [0.4, 0.5) is 0 Å². The maximum atomic E-state index is 12.6. The SMILES string of the molecule is O=C(Cc1cnc2ccccc2c1-c1cccc(CC[C@@H](O)CO)c1)NCCCCCO. The van der Waals surface area contributed by atoms with Crippen molar-refractivity contribution in [1.82, 2.24) is 10.3 Å². The fourth-order valence-electron chi connectivity index (χ4n) is 3.84. The number of amides is 1. The molecule has 0 saturated heterocycles. The number of carbonyl (C=O) groups is 1. The van der Waals surface area contributed by atoms with Crippen LogP contribution in [0, 0.1) is 0 Å². The van der Waals surface area contributed by atoms with Crippen LogP contribution in [0.1, 0.15) is 36.8 Å². The number of fused-ring (bicyclic) bond motifs is 1. The standard InChI is InChI=1S/C26H32N2O4/c29-14-5-1-4-13-27-25(32)16-21-17-28-24-10-3-2-9-23(24)26(21)20-8-6-7-19(15-20)11-12-22(31)18-30/h2-3,6-10,15,17,22,29-31H,1,4-5,11-14,16,18H2,(H,27,32)/t22-/m1/s1. The lowest BCUT2D eigenvalue weighted by Gasteiger charge is -2.15. The van der Waals surface area contributed by atoms with E-state index in [4.69, 9.17) is 10.2 Å². The number of pyridine rings is 1. The molecule has 0 radical (unpaired) electrons. The summed E-state index contributed by atoms with van der Waals surface area (Å²) >= 11 is 0. The molecule has 3 aromatic rings. The molecule has 0 aliphatic rings. The number of benzene rings is 2. The third-order valence-corrected chi connectivity index (χ3v) is 5.55. The number of aryl methyl sites for hydroxylation is 1. The molecule has 1 atom stereocenters. The minimum atomic E-state index is -0.725. The zero-order valence-corrected chi connectivity index (χ0v) is 18.3. The third kappa shape index (κ3) is 6.60. The molecule has 3 rings (SSSR count). The summed E-state index contributed by atoms with van der Waals surface area (Å²) in [4.78, 5) is 17.2. The number of hydrogen-bond donors (Lipinski definition) is 4. The van der Waals surface area contributed by atoms with E-state index in [1.165, 1.54) is 0 Å². The Labute approximate surface area is 188 Å². The Morgan fingerprint density at radius 2 is 1.88 bits per heavy atom. The number of aromatic nitrogens is 1. The Balaban J connectivity index is 1.86. The number of carbonyl (C=O) groups excluding carboxylic acids is 1. The predicted octanol–water partition coefficient (Wildman–Crippen LogP) is 3.01. The second kappa shape index (κ2) is 12.3. The van der Waals surface area contributed by atoms with Crippen molar-refractivity contribution in [3.05, 3.63) is 65.9 Å². The summed E-state index contributed by atoms with van der Waals surface area (Å²) in [5, 5.41) is 31.6. The van der Waals surface area contributed by atoms with Gasteiger partial charge in [-0.15, -0.1) is 0 Å². The molecule has 1 amide bonds. The number of hydrogen-bond acceptors (Lipinski definition) is 5. The van der Waals surface area contributed by atoms with Gasteiger partial charge < -0.3 is 20.6 Å². The van der Waals surface area contributed by atoms with Crippen molar-refractivity contribution in [2.45, 2.75) is 44.6 Å². The lowest BCUT2D eigenvalue weighted by Crippen LogP contribution is -2.26. The van der Waals surface area contributed by atoms with Crippen LogP contribution in [0.25, 0.3) is 22.0 Å². The summed E-state index contributed by atoms with van der Waals surface area (Å²) in [7, 11) is 0. The van der Waals surface area contributed by atoms with Gasteiger partial charge in [-0.2, -0.15) is 0 Å². The first-order chi connectivity index (χ1) is 15.6. The van der Waals surface area contributed by atoms with E-state index in [2.05, 4.69) is 16.4 Å². The molecular formula is C26H32N2O4. The van der Waals surface area contributed by atoms with Crippen molar-refractivity contribution in [1.29, 1.82) is 0 Å². The molecule has 0 bridgehead atoms. The highest BCUT2D eigenvalue weighted by Gasteiger charge is 2.15. The average molecular weight is 437 g/mol. The van der Waals surface area contributed by atoms with E-state index < -0.39 is 6.10 Å². The van der Waals surface area contributed by atoms with E-state index in [1.54, 1.807) is 6.20 Å². The summed E-state index contributed by atoms with van der Waals surface area (Å²) in [6.07, 6.45) is 4.92. The molecule has 0 aliphatic carbocycles. The quantitative estimate of drug-likeness (QED) is 0.327. The van der Waals surface area contributed by atoms with Crippen LogP contribution < -0.4 is 5.32 Å². The van der Waals surface area contributed by atoms with Crippen molar-refractivity contribution < 1.29 is 20.1 Å². The Morgan fingerprint density at radius 1 is 1.03 bits per heavy atom. The van der Waals surface area contributed by atoms with E-state index in [0.29, 0.717) is 19.4 Å². The van der Waals surface area contributed by atoms with Gasteiger partial charge in [-0.3, -0.25) is 9.78 Å². The minimum absolute atomic E-state index is 0.0467. The summed E-state index contributed by atoms with van der Waals surface area (Å²) in [6, 6.07) is 16.0. The van der Waals surface area contributed by atoms with Crippen LogP contribution in [0.3, 0.4) is 0 Å². The van der Waals surface area contributed by atoms with E-state index in [-0.39, 0.29) is 25.5 Å². The first-order valence-corrected chi connectivity index (χ1v) is 11.2. The minimum Gasteiger partial charge on any atom is -0.396 e. The largest absolute Gasteiger partial charge is 0.396 e. The van der Waals surface area contributed by atoms with Crippen molar-refractivity contribution >= 4 is 16.8 Å². The molecule has 1 aromatic heterocycles. The van der Waals surface area contributed by atoms with Gasteiger partial charge in [-0.05, 0) is 60.4 Å². The summed E-state index contributed by atoms with van der Waals surface area (Å²) in [6.45, 7) is 0.532. The zero-order chi connectivity index (χ0) is 22.8. The van der Waals surface area contributed by atoms with Crippen molar-refractivity contribution in [2.24, 2.45) is 0 Å². The van der Waals surface area contributed by atoms with E-state index in [0.717, 1.165) is 52.4 Å². The lowest BCUT2D eigenvalue weighted by atomic mass is 9.93. The highest BCUT2D eigenvalue weighted by molar-refractivity contribution is 5.97. The maximum absolute atomic E-state index is 12.6. The van der Waals surface area contributed by atoms with Crippen molar-refractivity contribution in [3.8, 4) is 11.1 Å². The number of unbranched alkanes of at least 4 members (excludes halogenated alkanes) is 2. The third-order valence-electron chi connectivity index (χ3n) is 5.55. The second-order valence-electron chi connectivity index (χ2n) is 8.06. The molecule has 6 nitrogen and oxygen atoms in total. The van der Waals surface area contributed by atoms with Gasteiger partial charge in [0.25, 0.3) is 0 Å². The molecule has 1 heterocycles. The van der Waals surface area contributed by atoms with Gasteiger partial charge in [0.15, 0.2) is 0 Å². The highest BCUT2D eigenvalue weighted by Crippen LogP contribution is 2.32. The van der Waals surface area contributed by atoms with E-state index in [9.17, 15) is 9.90 Å². The fraction of sp³-hybridized carbons (Fsp3) is 0.385. The molecule has 2 aromatic carbocycles. The van der Waals surface area contributed by atoms with Crippen LogP contribution in [-0.2, 0) is 17.6 Å². The molecule has 0 unspecified atom stereocenters. The van der Waals surface area contributed by atoms with Crippen LogP contribution in [0.15, 0.2) is 54.7 Å². The topological polar surface area (TPSA) is 103 Å². The molecule has 0 saturated carbocycles. The first kappa shape index (κ1) is 23.9. The van der Waals surface area contributed by atoms with Gasteiger partial charge in [-0.25, -0.2) is 0 Å². The Bertz CT molecular complexity index is 1020. The van der Waals surface area contributed by atoms with Crippen LogP contribution in [0.2, 0.25) is 0 Å². The smallest absolute Gasteiger partial charge is 0.224 e. The molecule has 0 aliphatic heterocycles. The summed E-state index contributed by atoms with van der Waals surface area (Å²) < 4.78 is 0. The summed E-state index contributed by atoms with van der Waals surface area (Å²) in [5.41, 5.74) is 4.80. The Kier molecular flexibility index (Phi) is 9.16. The highest BCUT2D eigenvalue weighted by atomic mass is 16.3. The van der Waals surface area contributed by atoms with Gasteiger partial charge in [0, 0.05) is 24.7 Å². The Morgan fingerprint density at radius 3 is 2.69 bits per heavy atom. The normalized spacial score (nSPS) is 12.1. The van der Waals surface area contributed by atoms with Crippen molar-refractivity contribution in [2.75, 3.05) is 19.8 Å². The molecule has 4 N–H and O–H groups in total. The molecule has 6 heteroatoms. The average Bonchev–Trinajstić information content (AvgIpc) is 2.82. The van der Waals surface area contributed by atoms with E-state index >= 15 is 0 Å². The van der Waals surface area contributed by atoms with Gasteiger partial charge in [0.05, 0.1) is 24.6 Å². The first-order valence-electron chi connectivity index (χ1n) is 11.2. The van der Waals surface area contributed by atoms with Crippen LogP contribution in [0.5, 0.6) is 0 Å². The number of para-hydroxylation sites is 1. The molecule has 0 fully saturated rings. The van der Waals surface area contributed by atoms with Gasteiger partial charge in [-0.1, -0.05) is 42.5 Å². The van der Waals surface area contributed by atoms with Gasteiger partial charge >= 0.3 is 0 Å². The lowest BCUT2D eigenvalue weighted by molar-refractivity contribution is -0.120. The maximum Gasteiger partial charge on any atom is 0.224 e.